The van der Waals surface area contributed by atoms with Crippen molar-refractivity contribution in [2.24, 2.45) is 0 Å². The predicted octanol–water partition coefficient (Wildman–Crippen LogP) is 4.09. The van der Waals surface area contributed by atoms with Crippen LogP contribution in [0.25, 0.3) is 0 Å². The summed E-state index contributed by atoms with van der Waals surface area (Å²) in [7, 11) is 0. The first-order chi connectivity index (χ1) is 9.83. The summed E-state index contributed by atoms with van der Waals surface area (Å²) < 4.78 is 0. The highest BCUT2D eigenvalue weighted by molar-refractivity contribution is 5.35. The molecule has 0 fully saturated rings. The van der Waals surface area contributed by atoms with E-state index in [1.807, 2.05) is 6.20 Å². The third kappa shape index (κ3) is 2.80. The lowest BCUT2D eigenvalue weighted by Gasteiger charge is -2.17. The molecule has 3 rings (SSSR count). The van der Waals surface area contributed by atoms with Crippen LogP contribution in [0.15, 0.2) is 67.1 Å². The quantitative estimate of drug-likeness (QED) is 0.753. The molecule has 1 heterocycles. The molecule has 3 aromatic rings. The van der Waals surface area contributed by atoms with E-state index in [9.17, 15) is 0 Å². The van der Waals surface area contributed by atoms with Crippen LogP contribution in [0.2, 0.25) is 0 Å². The van der Waals surface area contributed by atoms with Gasteiger partial charge in [0.25, 0.3) is 0 Å². The average Bonchev–Trinajstić information content (AvgIpc) is 3.00. The van der Waals surface area contributed by atoms with Crippen molar-refractivity contribution in [3.05, 3.63) is 89.5 Å². The maximum Gasteiger partial charge on any atom is 0.0921 e. The van der Waals surface area contributed by atoms with Gasteiger partial charge in [0.05, 0.1) is 6.33 Å². The molecule has 0 amide bonds. The predicted molar refractivity (Wildman–Crippen MR) is 81.8 cm³/mol. The molecule has 2 heteroatoms. The Labute approximate surface area is 119 Å². The largest absolute Gasteiger partial charge is 0.348 e. The zero-order chi connectivity index (χ0) is 13.8. The van der Waals surface area contributed by atoms with Crippen LogP contribution in [0.4, 0.5) is 0 Å². The van der Waals surface area contributed by atoms with Gasteiger partial charge in [-0.3, -0.25) is 0 Å². The minimum atomic E-state index is 0.359. The number of imidazole rings is 1. The summed E-state index contributed by atoms with van der Waals surface area (Å²) in [5.74, 6) is 0.359. The molecule has 0 spiro atoms. The summed E-state index contributed by atoms with van der Waals surface area (Å²) in [6.45, 7) is 2.12. The molecule has 1 atom stereocenters. The standard InChI is InChI=1S/C18H18N2/c1-14-7-9-16(10-8-14)18(11-17-12-19-13-20-17)15-5-3-2-4-6-15/h2-10,12-13,18H,11H2,1H3,(H,19,20). The zero-order valence-corrected chi connectivity index (χ0v) is 11.6. The number of hydrogen-bond acceptors (Lipinski definition) is 1. The summed E-state index contributed by atoms with van der Waals surface area (Å²) in [4.78, 5) is 7.33. The normalized spacial score (nSPS) is 12.2. The van der Waals surface area contributed by atoms with Crippen molar-refractivity contribution < 1.29 is 0 Å². The van der Waals surface area contributed by atoms with E-state index in [1.54, 1.807) is 6.33 Å². The van der Waals surface area contributed by atoms with E-state index in [4.69, 9.17) is 0 Å². The van der Waals surface area contributed by atoms with E-state index in [-0.39, 0.29) is 0 Å². The van der Waals surface area contributed by atoms with Gasteiger partial charge in [0.2, 0.25) is 0 Å². The Hall–Kier alpha value is -2.35. The Bertz CT molecular complexity index is 640. The highest BCUT2D eigenvalue weighted by Gasteiger charge is 2.15. The summed E-state index contributed by atoms with van der Waals surface area (Å²) in [5.41, 5.74) is 5.14. The van der Waals surface area contributed by atoms with Crippen LogP contribution in [0, 0.1) is 6.92 Å². The number of H-pyrrole nitrogens is 1. The van der Waals surface area contributed by atoms with E-state index in [0.29, 0.717) is 5.92 Å². The van der Waals surface area contributed by atoms with Gasteiger partial charge in [0.1, 0.15) is 0 Å². The molecule has 0 radical (unpaired) electrons. The number of rotatable bonds is 4. The van der Waals surface area contributed by atoms with Gasteiger partial charge in [-0.05, 0) is 24.5 Å². The number of aromatic amines is 1. The van der Waals surface area contributed by atoms with Gasteiger partial charge >= 0.3 is 0 Å². The smallest absolute Gasteiger partial charge is 0.0921 e. The summed E-state index contributed by atoms with van der Waals surface area (Å²) in [5, 5.41) is 0. The Morgan fingerprint density at radius 2 is 1.65 bits per heavy atom. The van der Waals surface area contributed by atoms with Gasteiger partial charge < -0.3 is 4.98 Å². The molecule has 20 heavy (non-hydrogen) atoms. The maximum absolute atomic E-state index is 4.12. The molecule has 1 aromatic heterocycles. The van der Waals surface area contributed by atoms with Gasteiger partial charge in [-0.2, -0.15) is 0 Å². The minimum Gasteiger partial charge on any atom is -0.348 e. The Morgan fingerprint density at radius 1 is 0.950 bits per heavy atom. The third-order valence-corrected chi connectivity index (χ3v) is 3.66. The van der Waals surface area contributed by atoms with Crippen LogP contribution < -0.4 is 0 Å². The lowest BCUT2D eigenvalue weighted by atomic mass is 9.87. The fourth-order valence-corrected chi connectivity index (χ4v) is 2.53. The fraction of sp³-hybridized carbons (Fsp3) is 0.167. The molecule has 2 nitrogen and oxygen atoms in total. The van der Waals surface area contributed by atoms with Gasteiger partial charge in [-0.25, -0.2) is 4.98 Å². The fourth-order valence-electron chi connectivity index (χ4n) is 2.53. The summed E-state index contributed by atoms with van der Waals surface area (Å²) >= 11 is 0. The van der Waals surface area contributed by atoms with Gasteiger partial charge in [0.15, 0.2) is 0 Å². The molecular weight excluding hydrogens is 244 g/mol. The second-order valence-electron chi connectivity index (χ2n) is 5.15. The van der Waals surface area contributed by atoms with Crippen LogP contribution in [-0.4, -0.2) is 9.97 Å². The molecular formula is C18H18N2. The van der Waals surface area contributed by atoms with Crippen LogP contribution in [0.5, 0.6) is 0 Å². The van der Waals surface area contributed by atoms with Crippen molar-refractivity contribution in [1.29, 1.82) is 0 Å². The first-order valence-electron chi connectivity index (χ1n) is 6.91. The molecule has 0 saturated heterocycles. The van der Waals surface area contributed by atoms with Crippen LogP contribution >= 0.6 is 0 Å². The number of aryl methyl sites for hydroxylation is 1. The molecule has 2 aromatic carbocycles. The molecule has 1 N–H and O–H groups in total. The topological polar surface area (TPSA) is 28.7 Å². The van der Waals surface area contributed by atoms with E-state index in [1.165, 1.54) is 22.4 Å². The van der Waals surface area contributed by atoms with E-state index in [2.05, 4.69) is 71.5 Å². The molecule has 0 aliphatic rings. The summed E-state index contributed by atoms with van der Waals surface area (Å²) in [6.07, 6.45) is 4.59. The minimum absolute atomic E-state index is 0.359. The summed E-state index contributed by atoms with van der Waals surface area (Å²) in [6, 6.07) is 19.5. The van der Waals surface area contributed by atoms with Crippen molar-refractivity contribution >= 4 is 0 Å². The van der Waals surface area contributed by atoms with E-state index < -0.39 is 0 Å². The van der Waals surface area contributed by atoms with Crippen molar-refractivity contribution in [3.63, 3.8) is 0 Å². The van der Waals surface area contributed by atoms with Crippen molar-refractivity contribution in [3.8, 4) is 0 Å². The number of benzene rings is 2. The maximum atomic E-state index is 4.12. The average molecular weight is 262 g/mol. The van der Waals surface area contributed by atoms with Crippen LogP contribution in [-0.2, 0) is 6.42 Å². The number of nitrogens with one attached hydrogen (secondary N) is 1. The SMILES string of the molecule is Cc1ccc(C(Cc2cnc[nH]2)c2ccccc2)cc1. The molecule has 100 valence electrons. The van der Waals surface area contributed by atoms with Crippen molar-refractivity contribution in [2.75, 3.05) is 0 Å². The first-order valence-corrected chi connectivity index (χ1v) is 6.91. The Balaban J connectivity index is 1.97. The lowest BCUT2D eigenvalue weighted by Crippen LogP contribution is -2.05. The monoisotopic (exact) mass is 262 g/mol. The number of aromatic nitrogens is 2. The molecule has 0 bridgehead atoms. The second-order valence-corrected chi connectivity index (χ2v) is 5.15. The van der Waals surface area contributed by atoms with Gasteiger partial charge in [-0.1, -0.05) is 60.2 Å². The van der Waals surface area contributed by atoms with E-state index in [0.717, 1.165) is 6.42 Å². The van der Waals surface area contributed by atoms with Crippen molar-refractivity contribution in [2.45, 2.75) is 19.3 Å². The second kappa shape index (κ2) is 5.74. The van der Waals surface area contributed by atoms with Crippen LogP contribution in [0.3, 0.4) is 0 Å². The molecule has 0 saturated carbocycles. The highest BCUT2D eigenvalue weighted by atomic mass is 14.9. The number of nitrogens with zero attached hydrogens (tertiary/aromatic N) is 1. The van der Waals surface area contributed by atoms with Gasteiger partial charge in [-0.15, -0.1) is 0 Å². The Morgan fingerprint density at radius 3 is 2.30 bits per heavy atom. The zero-order valence-electron chi connectivity index (χ0n) is 11.6. The molecule has 0 aliphatic carbocycles. The van der Waals surface area contributed by atoms with Crippen molar-refractivity contribution in [1.82, 2.24) is 9.97 Å². The number of hydrogen-bond donors (Lipinski definition) is 1. The lowest BCUT2D eigenvalue weighted by molar-refractivity contribution is 0.787. The molecule has 1 unspecified atom stereocenters. The van der Waals surface area contributed by atoms with Gasteiger partial charge in [0, 0.05) is 17.8 Å². The van der Waals surface area contributed by atoms with Crippen LogP contribution in [0.1, 0.15) is 28.3 Å². The van der Waals surface area contributed by atoms with E-state index >= 15 is 0 Å². The Kier molecular flexibility index (Phi) is 3.64. The third-order valence-electron chi connectivity index (χ3n) is 3.66. The highest BCUT2D eigenvalue weighted by Crippen LogP contribution is 2.28. The molecule has 0 aliphatic heterocycles. The first kappa shape index (κ1) is 12.7.